The summed E-state index contributed by atoms with van der Waals surface area (Å²) in [6.07, 6.45) is 3.70. The number of allylic oxidation sites excluding steroid dienone is 1. The summed E-state index contributed by atoms with van der Waals surface area (Å²) >= 11 is 12.2. The van der Waals surface area contributed by atoms with Gasteiger partial charge in [0.25, 0.3) is 0 Å². The smallest absolute Gasteiger partial charge is 0.205 e. The first-order valence-electron chi connectivity index (χ1n) is 7.36. The van der Waals surface area contributed by atoms with Crippen molar-refractivity contribution in [1.29, 1.82) is 0 Å². The van der Waals surface area contributed by atoms with E-state index in [-0.39, 0.29) is 0 Å². The van der Waals surface area contributed by atoms with E-state index in [0.29, 0.717) is 16.1 Å². The second kappa shape index (κ2) is 5.85. The van der Waals surface area contributed by atoms with Crippen molar-refractivity contribution in [2.75, 3.05) is 5.32 Å². The number of aromatic nitrogens is 4. The molecule has 7 heteroatoms. The largest absolute Gasteiger partial charge is 0.358 e. The summed E-state index contributed by atoms with van der Waals surface area (Å²) in [5.74, 6) is 0.626. The minimum absolute atomic E-state index is 0.445. The fourth-order valence-electron chi connectivity index (χ4n) is 2.58. The van der Waals surface area contributed by atoms with Crippen molar-refractivity contribution in [3.05, 3.63) is 53.3 Å². The average molecular weight is 358 g/mol. The summed E-state index contributed by atoms with van der Waals surface area (Å²) in [6, 6.07) is 9.49. The lowest BCUT2D eigenvalue weighted by Gasteiger charge is -2.00. The maximum atomic E-state index is 6.18. The highest BCUT2D eigenvalue weighted by molar-refractivity contribution is 6.48. The number of H-pyrrole nitrogens is 2. The van der Waals surface area contributed by atoms with Crippen LogP contribution >= 0.6 is 23.2 Å². The van der Waals surface area contributed by atoms with Gasteiger partial charge in [-0.3, -0.25) is 0 Å². The van der Waals surface area contributed by atoms with E-state index < -0.39 is 0 Å². The van der Waals surface area contributed by atoms with E-state index in [4.69, 9.17) is 23.2 Å². The SMILES string of the molecule is CC=C(Cl)c1ccc2nc(Nc3c[nH]c4ccc(Cl)nc34)[nH]c2c1. The van der Waals surface area contributed by atoms with Crippen molar-refractivity contribution < 1.29 is 0 Å². The van der Waals surface area contributed by atoms with Gasteiger partial charge in [-0.1, -0.05) is 35.3 Å². The number of aromatic amines is 2. The maximum Gasteiger partial charge on any atom is 0.205 e. The minimum Gasteiger partial charge on any atom is -0.358 e. The fourth-order valence-corrected chi connectivity index (χ4v) is 2.85. The van der Waals surface area contributed by atoms with Crippen LogP contribution in [0.4, 0.5) is 11.6 Å². The molecule has 0 aliphatic carbocycles. The number of hydrogen-bond acceptors (Lipinski definition) is 3. The van der Waals surface area contributed by atoms with Crippen molar-refractivity contribution in [2.45, 2.75) is 6.92 Å². The zero-order chi connectivity index (χ0) is 16.7. The fraction of sp³-hybridized carbons (Fsp3) is 0.0588. The van der Waals surface area contributed by atoms with Crippen LogP contribution < -0.4 is 5.32 Å². The van der Waals surface area contributed by atoms with Gasteiger partial charge in [0.2, 0.25) is 5.95 Å². The van der Waals surface area contributed by atoms with E-state index in [1.807, 2.05) is 43.5 Å². The summed E-state index contributed by atoms with van der Waals surface area (Å²) in [4.78, 5) is 15.3. The molecule has 5 nitrogen and oxygen atoms in total. The van der Waals surface area contributed by atoms with Crippen molar-refractivity contribution in [3.8, 4) is 0 Å². The van der Waals surface area contributed by atoms with Crippen LogP contribution in [0.1, 0.15) is 12.5 Å². The molecule has 24 heavy (non-hydrogen) atoms. The molecule has 4 aromatic rings. The third kappa shape index (κ3) is 2.62. The predicted molar refractivity (Wildman–Crippen MR) is 100.0 cm³/mol. The number of pyridine rings is 1. The van der Waals surface area contributed by atoms with Crippen LogP contribution in [-0.4, -0.2) is 19.9 Å². The van der Waals surface area contributed by atoms with Crippen LogP contribution in [0.3, 0.4) is 0 Å². The van der Waals surface area contributed by atoms with Crippen LogP contribution in [0.2, 0.25) is 5.15 Å². The average Bonchev–Trinajstić information content (AvgIpc) is 3.17. The number of nitrogens with one attached hydrogen (secondary N) is 3. The highest BCUT2D eigenvalue weighted by Crippen LogP contribution is 2.27. The third-order valence-corrected chi connectivity index (χ3v) is 4.40. The molecular formula is C17H13Cl2N5. The zero-order valence-electron chi connectivity index (χ0n) is 12.7. The number of anilines is 2. The Kier molecular flexibility index (Phi) is 3.67. The Bertz CT molecular complexity index is 1080. The number of fused-ring (bicyclic) bond motifs is 2. The van der Waals surface area contributed by atoms with Gasteiger partial charge in [-0.05, 0) is 36.8 Å². The molecule has 0 fully saturated rings. The monoisotopic (exact) mass is 357 g/mol. The second-order valence-corrected chi connectivity index (χ2v) is 6.11. The van der Waals surface area contributed by atoms with Gasteiger partial charge in [0, 0.05) is 11.2 Å². The second-order valence-electron chi connectivity index (χ2n) is 5.31. The first kappa shape index (κ1) is 15.1. The predicted octanol–water partition coefficient (Wildman–Crippen LogP) is 5.44. The molecule has 0 spiro atoms. The number of benzene rings is 1. The molecule has 0 aliphatic rings. The summed E-state index contributed by atoms with van der Waals surface area (Å²) in [7, 11) is 0. The van der Waals surface area contributed by atoms with Crippen molar-refractivity contribution >= 4 is 61.9 Å². The van der Waals surface area contributed by atoms with Gasteiger partial charge in [0.1, 0.15) is 10.7 Å². The van der Waals surface area contributed by atoms with Gasteiger partial charge in [0.05, 0.1) is 22.2 Å². The number of imidazole rings is 1. The first-order chi connectivity index (χ1) is 11.6. The molecule has 0 aliphatic heterocycles. The van der Waals surface area contributed by atoms with E-state index in [9.17, 15) is 0 Å². The highest BCUT2D eigenvalue weighted by Gasteiger charge is 2.09. The van der Waals surface area contributed by atoms with Gasteiger partial charge >= 0.3 is 0 Å². The Morgan fingerprint density at radius 3 is 2.88 bits per heavy atom. The summed E-state index contributed by atoms with van der Waals surface area (Å²) in [5, 5.41) is 4.39. The molecule has 0 saturated carbocycles. The summed E-state index contributed by atoms with van der Waals surface area (Å²) < 4.78 is 0. The van der Waals surface area contributed by atoms with Crippen molar-refractivity contribution in [1.82, 2.24) is 19.9 Å². The lowest BCUT2D eigenvalue weighted by Crippen LogP contribution is -1.91. The summed E-state index contributed by atoms with van der Waals surface area (Å²) in [5.41, 5.74) is 5.18. The van der Waals surface area contributed by atoms with Gasteiger partial charge in [-0.2, -0.15) is 0 Å². The van der Waals surface area contributed by atoms with Crippen LogP contribution in [-0.2, 0) is 0 Å². The lowest BCUT2D eigenvalue weighted by molar-refractivity contribution is 1.31. The Morgan fingerprint density at radius 2 is 2.04 bits per heavy atom. The molecular weight excluding hydrogens is 345 g/mol. The van der Waals surface area contributed by atoms with Crippen LogP contribution in [0, 0.1) is 0 Å². The highest BCUT2D eigenvalue weighted by atomic mass is 35.5. The first-order valence-corrected chi connectivity index (χ1v) is 8.12. The van der Waals surface area contributed by atoms with Gasteiger partial charge in [-0.25, -0.2) is 9.97 Å². The molecule has 120 valence electrons. The van der Waals surface area contributed by atoms with E-state index in [0.717, 1.165) is 33.3 Å². The molecule has 0 radical (unpaired) electrons. The quantitative estimate of drug-likeness (QED) is 0.427. The molecule has 0 atom stereocenters. The summed E-state index contributed by atoms with van der Waals surface area (Å²) in [6.45, 7) is 1.90. The molecule has 3 heterocycles. The molecule has 4 rings (SSSR count). The maximum absolute atomic E-state index is 6.18. The van der Waals surface area contributed by atoms with Gasteiger partial charge in [-0.15, -0.1) is 0 Å². The number of halogens is 2. The Balaban J connectivity index is 1.72. The lowest BCUT2D eigenvalue weighted by atomic mass is 10.2. The molecule has 0 unspecified atom stereocenters. The Labute approximate surface area is 147 Å². The van der Waals surface area contributed by atoms with Crippen LogP contribution in [0.25, 0.3) is 27.1 Å². The number of hydrogen-bond donors (Lipinski definition) is 3. The molecule has 3 N–H and O–H groups in total. The van der Waals surface area contributed by atoms with Gasteiger partial charge < -0.3 is 15.3 Å². The van der Waals surface area contributed by atoms with Crippen molar-refractivity contribution in [2.24, 2.45) is 0 Å². The van der Waals surface area contributed by atoms with Crippen molar-refractivity contribution in [3.63, 3.8) is 0 Å². The molecule has 1 aromatic carbocycles. The topological polar surface area (TPSA) is 69.4 Å². The standard InChI is InChI=1S/C17H13Cl2N5/c1-2-10(18)9-3-4-11-13(7-9)22-17(21-11)23-14-8-20-12-5-6-15(19)24-16(12)14/h2-8,20H,1H3,(H2,21,22,23). The number of nitrogens with zero attached hydrogens (tertiary/aromatic N) is 2. The normalized spacial score (nSPS) is 12.2. The molecule has 0 bridgehead atoms. The van der Waals surface area contributed by atoms with Crippen LogP contribution in [0.5, 0.6) is 0 Å². The molecule has 3 aromatic heterocycles. The minimum atomic E-state index is 0.445. The van der Waals surface area contributed by atoms with E-state index >= 15 is 0 Å². The van der Waals surface area contributed by atoms with E-state index in [2.05, 4.69) is 25.3 Å². The van der Waals surface area contributed by atoms with Gasteiger partial charge in [0.15, 0.2) is 0 Å². The van der Waals surface area contributed by atoms with E-state index in [1.165, 1.54) is 0 Å². The Morgan fingerprint density at radius 1 is 1.17 bits per heavy atom. The van der Waals surface area contributed by atoms with Crippen LogP contribution in [0.15, 0.2) is 42.6 Å². The molecule has 0 amide bonds. The third-order valence-electron chi connectivity index (χ3n) is 3.75. The molecule has 0 saturated heterocycles. The Hall–Kier alpha value is -2.50. The number of rotatable bonds is 3. The van der Waals surface area contributed by atoms with E-state index in [1.54, 1.807) is 6.07 Å². The zero-order valence-corrected chi connectivity index (χ0v) is 14.2.